The van der Waals surface area contributed by atoms with Crippen molar-refractivity contribution in [2.24, 2.45) is 0 Å². The maximum Gasteiger partial charge on any atom is 2.00 e. The zero-order valence-electron chi connectivity index (χ0n) is 5.28. The Morgan fingerprint density at radius 3 is 1.00 bits per heavy atom. The summed E-state index contributed by atoms with van der Waals surface area (Å²) in [5.41, 5.74) is 0. The van der Waals surface area contributed by atoms with Crippen molar-refractivity contribution >= 4 is 54.5 Å². The van der Waals surface area contributed by atoms with Gasteiger partial charge in [-0.15, -0.1) is 0 Å². The third-order valence-electron chi connectivity index (χ3n) is 0. The van der Waals surface area contributed by atoms with Gasteiger partial charge < -0.3 is 22.0 Å². The zero-order chi connectivity index (χ0) is 4.50. The van der Waals surface area contributed by atoms with E-state index in [9.17, 15) is 0 Å². The van der Waals surface area contributed by atoms with E-state index in [1.54, 1.807) is 0 Å². The minimum atomic E-state index is -4.61. The third-order valence-corrected chi connectivity index (χ3v) is 0. The summed E-state index contributed by atoms with van der Waals surface area (Å²) >= 11 is 0. The van der Waals surface area contributed by atoms with Crippen molar-refractivity contribution in [1.82, 2.24) is 0 Å². The Labute approximate surface area is 111 Å². The summed E-state index contributed by atoms with van der Waals surface area (Å²) < 4.78 is 0. The molecule has 7 heteroatoms. The summed E-state index contributed by atoms with van der Waals surface area (Å²) in [5.74, 6) is 0. The van der Waals surface area contributed by atoms with Crippen molar-refractivity contribution in [2.45, 2.75) is 0 Å². The largest absolute Gasteiger partial charge is 2.00 e. The molecule has 0 unspecified atom stereocenters. The monoisotopic (exact) mass is 352 g/mol. The van der Waals surface area contributed by atoms with E-state index < -0.39 is 9.05 Å². The van der Waals surface area contributed by atoms with Crippen molar-refractivity contribution in [3.8, 4) is 0 Å². The average molecular weight is 353 g/mol. The van der Waals surface area contributed by atoms with Crippen molar-refractivity contribution in [3.05, 3.63) is 0 Å². The molecule has 0 aromatic rings. The molecule has 0 heterocycles. The first-order valence-electron chi connectivity index (χ1n) is 0.894. The van der Waals surface area contributed by atoms with Crippen LogP contribution < -0.4 is 0 Å². The number of hydrogen-bond donors (Lipinski definition) is 4. The topological polar surface area (TPSA) is 80.9 Å². The van der Waals surface area contributed by atoms with E-state index in [0.29, 0.717) is 0 Å². The molecule has 0 aromatic carbocycles. The molecule has 0 aliphatic heterocycles. The molecule has 0 saturated heterocycles. The summed E-state index contributed by atoms with van der Waals surface area (Å²) in [7, 11) is -4.61. The maximum absolute atomic E-state index is 7.33. The minimum absolute atomic E-state index is 0. The minimum Gasteiger partial charge on any atom is -1.00 e. The quantitative estimate of drug-likeness (QED) is 0.356. The van der Waals surface area contributed by atoms with Crippen LogP contribution in [0.5, 0.6) is 0 Å². The molecule has 7 heavy (non-hydrogen) atoms. The smallest absolute Gasteiger partial charge is 1.00 e. The molecule has 48 valence electrons. The normalized spacial score (nSPS) is 8.57. The summed E-state index contributed by atoms with van der Waals surface area (Å²) in [6.07, 6.45) is 0. The first-order chi connectivity index (χ1) is 2.00. The van der Waals surface area contributed by atoms with Gasteiger partial charge in [0.05, 0.1) is 0 Å². The molecule has 0 aliphatic rings. The summed E-state index contributed by atoms with van der Waals surface area (Å²) in [4.78, 5) is 29.3. The van der Waals surface area contributed by atoms with Crippen molar-refractivity contribution in [2.75, 3.05) is 0 Å². The van der Waals surface area contributed by atoms with Gasteiger partial charge >= 0.3 is 54.5 Å². The standard InChI is InChI=1S/Er.H4O4Si.Sr.2H/c;1-5(2,3)4;;;/h;1-4H;;;/q;;+2;2*-1. The molecule has 0 aromatic heterocycles. The van der Waals surface area contributed by atoms with Gasteiger partial charge in [0.2, 0.25) is 0 Å². The number of hydrogen-bond acceptors (Lipinski definition) is 4. The Kier molecular flexibility index (Phi) is 16.2. The molecule has 0 rings (SSSR count). The Morgan fingerprint density at radius 2 is 1.00 bits per heavy atom. The Morgan fingerprint density at radius 1 is 1.00 bits per heavy atom. The predicted molar refractivity (Wildman–Crippen MR) is 22.6 cm³/mol. The molecule has 0 atom stereocenters. The van der Waals surface area contributed by atoms with Gasteiger partial charge in [-0.3, -0.25) is 0 Å². The van der Waals surface area contributed by atoms with Crippen molar-refractivity contribution < 1.29 is 59.3 Å². The van der Waals surface area contributed by atoms with E-state index in [-0.39, 0.29) is 85.6 Å². The molecular formula is H6ErO4SiSr. The van der Waals surface area contributed by atoms with Crippen molar-refractivity contribution in [1.29, 1.82) is 0 Å². The third kappa shape index (κ3) is 52.2. The molecule has 4 N–H and O–H groups in total. The van der Waals surface area contributed by atoms with Crippen LogP contribution in [0.2, 0.25) is 0 Å². The summed E-state index contributed by atoms with van der Waals surface area (Å²) in [6.45, 7) is 0. The van der Waals surface area contributed by atoms with Gasteiger partial charge in [-0.25, -0.2) is 0 Å². The van der Waals surface area contributed by atoms with Crippen LogP contribution in [-0.2, 0) is 0 Å². The molecule has 0 aliphatic carbocycles. The molecule has 0 bridgehead atoms. The van der Waals surface area contributed by atoms with Gasteiger partial charge in [0.25, 0.3) is 0 Å². The predicted octanol–water partition coefficient (Wildman–Crippen LogP) is -2.76. The molecule has 4 nitrogen and oxygen atoms in total. The van der Waals surface area contributed by atoms with Crippen LogP contribution in [0.25, 0.3) is 0 Å². The fourth-order valence-electron chi connectivity index (χ4n) is 0. The Bertz CT molecular complexity index is 34.0. The van der Waals surface area contributed by atoms with Crippen LogP contribution in [0.3, 0.4) is 0 Å². The van der Waals surface area contributed by atoms with Gasteiger partial charge in [0, 0.05) is 37.3 Å². The average Bonchev–Trinajstić information content (AvgIpc) is 0.722. The summed E-state index contributed by atoms with van der Waals surface area (Å²) in [6, 6.07) is 0. The van der Waals surface area contributed by atoms with Crippen LogP contribution in [0.15, 0.2) is 0 Å². The SMILES string of the molecule is O[Si](O)(O)O.[Er].[H-].[H-].[Sr+2]. The first kappa shape index (κ1) is 16.4. The molecule has 0 radical (unpaired) electrons. The number of rotatable bonds is 0. The molecule has 0 amide bonds. The van der Waals surface area contributed by atoms with Gasteiger partial charge in [-0.05, 0) is 0 Å². The van der Waals surface area contributed by atoms with E-state index in [2.05, 4.69) is 0 Å². The fourth-order valence-corrected chi connectivity index (χ4v) is 0. The van der Waals surface area contributed by atoms with E-state index >= 15 is 0 Å². The zero-order valence-corrected chi connectivity index (χ0v) is 9.61. The van der Waals surface area contributed by atoms with Crippen molar-refractivity contribution in [3.63, 3.8) is 0 Å². The van der Waals surface area contributed by atoms with Crippen LogP contribution in [-0.4, -0.2) is 73.7 Å². The molecular weight excluding hydrogens is 347 g/mol. The van der Waals surface area contributed by atoms with Crippen LogP contribution in [0, 0.1) is 37.3 Å². The Balaban J connectivity index is -0.0000000133. The van der Waals surface area contributed by atoms with E-state index in [1.807, 2.05) is 0 Å². The second-order valence-electron chi connectivity index (χ2n) is 0.600. The van der Waals surface area contributed by atoms with Gasteiger partial charge in [-0.1, -0.05) is 0 Å². The van der Waals surface area contributed by atoms with Crippen LogP contribution in [0.4, 0.5) is 0 Å². The molecule has 0 saturated carbocycles. The van der Waals surface area contributed by atoms with Crippen LogP contribution in [0.1, 0.15) is 2.85 Å². The second kappa shape index (κ2) is 6.90. The molecule has 0 spiro atoms. The fraction of sp³-hybridized carbons (Fsp3) is 0. The van der Waals surface area contributed by atoms with E-state index in [1.165, 1.54) is 0 Å². The van der Waals surface area contributed by atoms with E-state index in [4.69, 9.17) is 19.2 Å². The Hall–Kier alpha value is 2.78. The first-order valence-corrected chi connectivity index (χ1v) is 2.68. The van der Waals surface area contributed by atoms with Gasteiger partial charge in [0.1, 0.15) is 0 Å². The van der Waals surface area contributed by atoms with Crippen LogP contribution >= 0.6 is 0 Å². The van der Waals surface area contributed by atoms with E-state index in [0.717, 1.165) is 0 Å². The second-order valence-corrected chi connectivity index (χ2v) is 1.80. The molecule has 0 fully saturated rings. The van der Waals surface area contributed by atoms with Gasteiger partial charge in [-0.2, -0.15) is 0 Å². The summed E-state index contributed by atoms with van der Waals surface area (Å²) in [5, 5.41) is 0. The van der Waals surface area contributed by atoms with Gasteiger partial charge in [0.15, 0.2) is 0 Å². The maximum atomic E-state index is 7.33.